The number of fused-ring (bicyclic) bond motifs is 5. The van der Waals surface area contributed by atoms with E-state index in [1.807, 2.05) is 42.5 Å². The molecule has 0 aromatic heterocycles. The van der Waals surface area contributed by atoms with Crippen LogP contribution in [0.15, 0.2) is 163 Å². The van der Waals surface area contributed by atoms with Crippen LogP contribution in [0.5, 0.6) is 0 Å². The van der Waals surface area contributed by atoms with Crippen LogP contribution in [0.25, 0.3) is 49.2 Å². The van der Waals surface area contributed by atoms with E-state index in [9.17, 15) is 9.59 Å². The van der Waals surface area contributed by atoms with Gasteiger partial charge in [-0.1, -0.05) is 109 Å². The third kappa shape index (κ3) is 4.52. The summed E-state index contributed by atoms with van der Waals surface area (Å²) in [5.41, 5.74) is 5.13. The molecule has 0 bridgehead atoms. The van der Waals surface area contributed by atoms with E-state index in [2.05, 4.69) is 120 Å². The first-order valence-corrected chi connectivity index (χ1v) is 15.8. The number of nitrogens with zero attached hydrogens (tertiary/aromatic N) is 1. The first kappa shape index (κ1) is 27.0. The molecule has 1 aliphatic carbocycles. The van der Waals surface area contributed by atoms with Crippen molar-refractivity contribution in [3.63, 3.8) is 0 Å². The van der Waals surface area contributed by atoms with E-state index in [4.69, 9.17) is 0 Å². The van der Waals surface area contributed by atoms with Gasteiger partial charge in [0.05, 0.1) is 11.3 Å². The number of anilines is 3. The lowest BCUT2D eigenvalue weighted by molar-refractivity contribution is 0.0990. The van der Waals surface area contributed by atoms with Gasteiger partial charge in [-0.2, -0.15) is 0 Å². The van der Waals surface area contributed by atoms with Crippen LogP contribution in [0.1, 0.15) is 26.3 Å². The molecule has 0 N–H and O–H groups in total. The summed E-state index contributed by atoms with van der Waals surface area (Å²) in [5.74, 6) is -0.439. The summed E-state index contributed by atoms with van der Waals surface area (Å²) in [4.78, 5) is 29.3. The van der Waals surface area contributed by atoms with Gasteiger partial charge in [-0.3, -0.25) is 9.59 Å². The van der Waals surface area contributed by atoms with Crippen molar-refractivity contribution < 1.29 is 9.59 Å². The van der Waals surface area contributed by atoms with E-state index in [1.54, 1.807) is 6.08 Å². The van der Waals surface area contributed by atoms with Gasteiger partial charge in [0.2, 0.25) is 0 Å². The number of carbonyl (C=O) groups is 2. The van der Waals surface area contributed by atoms with E-state index in [1.165, 1.54) is 16.2 Å². The molecule has 0 unspecified atom stereocenters. The van der Waals surface area contributed by atoms with Crippen LogP contribution in [0.2, 0.25) is 0 Å². The van der Waals surface area contributed by atoms with Crippen LogP contribution in [-0.2, 0) is 0 Å². The van der Waals surface area contributed by atoms with Gasteiger partial charge in [0.25, 0.3) is 0 Å². The average molecular weight is 602 g/mol. The minimum Gasteiger partial charge on any atom is -0.310 e. The maximum Gasteiger partial charge on any atom is 0.197 e. The number of hydrogen-bond acceptors (Lipinski definition) is 3. The van der Waals surface area contributed by atoms with Gasteiger partial charge >= 0.3 is 0 Å². The van der Waals surface area contributed by atoms with E-state index >= 15 is 0 Å². The molecular formula is C44H27NO2. The fourth-order valence-electron chi connectivity index (χ4n) is 6.93. The highest BCUT2D eigenvalue weighted by Gasteiger charge is 2.33. The molecule has 1 aliphatic rings. The number of hydrogen-bond donors (Lipinski definition) is 0. The lowest BCUT2D eigenvalue weighted by atomic mass is 10.0. The smallest absolute Gasteiger partial charge is 0.197 e. The predicted molar refractivity (Wildman–Crippen MR) is 194 cm³/mol. The number of ketones is 2. The van der Waals surface area contributed by atoms with Gasteiger partial charge in [0, 0.05) is 27.9 Å². The Morgan fingerprint density at radius 1 is 0.404 bits per heavy atom. The van der Waals surface area contributed by atoms with Crippen LogP contribution in [0.4, 0.5) is 17.1 Å². The summed E-state index contributed by atoms with van der Waals surface area (Å²) in [7, 11) is 0. The average Bonchev–Trinajstić information content (AvgIpc) is 3.34. The standard InChI is InChI=1S/C44H27NO2/c46-43-39-26-33-11-3-4-12-34(33)27-40(39)44(47)41(43)23-28-16-17-30-19-21-37(25-35(30)22-28)45(36-20-18-29-8-1-2-10-32(29)24-36)42-15-7-13-31-9-5-6-14-38(31)42/h1-27H. The summed E-state index contributed by atoms with van der Waals surface area (Å²) >= 11 is 0. The molecule has 9 rings (SSSR count). The predicted octanol–water partition coefficient (Wildman–Crippen LogP) is 11.2. The molecule has 0 heterocycles. The molecule has 0 radical (unpaired) electrons. The Morgan fingerprint density at radius 2 is 0.915 bits per heavy atom. The van der Waals surface area contributed by atoms with Crippen LogP contribution in [0.3, 0.4) is 0 Å². The highest BCUT2D eigenvalue weighted by atomic mass is 16.2. The molecule has 8 aromatic carbocycles. The van der Waals surface area contributed by atoms with E-state index in [0.717, 1.165) is 49.6 Å². The van der Waals surface area contributed by atoms with E-state index in [0.29, 0.717) is 11.1 Å². The number of Topliss-reactive ketones (excluding diaryl/α,β-unsaturated/α-hetero) is 2. The lowest BCUT2D eigenvalue weighted by Crippen LogP contribution is -2.10. The number of benzene rings is 8. The summed E-state index contributed by atoms with van der Waals surface area (Å²) < 4.78 is 0. The molecule has 3 heteroatoms. The largest absolute Gasteiger partial charge is 0.310 e. The Hall–Kier alpha value is -6.32. The molecule has 3 nitrogen and oxygen atoms in total. The topological polar surface area (TPSA) is 37.4 Å². The van der Waals surface area contributed by atoms with Crippen molar-refractivity contribution in [2.75, 3.05) is 4.90 Å². The van der Waals surface area contributed by atoms with Crippen molar-refractivity contribution in [1.82, 2.24) is 0 Å². The second-order valence-corrected chi connectivity index (χ2v) is 12.1. The number of carbonyl (C=O) groups excluding carboxylic acids is 2. The zero-order chi connectivity index (χ0) is 31.5. The second kappa shape index (κ2) is 10.6. The Kier molecular flexibility index (Phi) is 6.12. The van der Waals surface area contributed by atoms with Crippen molar-refractivity contribution in [1.29, 1.82) is 0 Å². The molecule has 220 valence electrons. The Bertz CT molecular complexity index is 2570. The van der Waals surface area contributed by atoms with Gasteiger partial charge in [0.1, 0.15) is 0 Å². The molecule has 0 aliphatic heterocycles. The van der Waals surface area contributed by atoms with Crippen molar-refractivity contribution in [3.05, 3.63) is 180 Å². The third-order valence-electron chi connectivity index (χ3n) is 9.28. The molecule has 0 atom stereocenters. The highest BCUT2D eigenvalue weighted by Crippen LogP contribution is 2.41. The minimum atomic E-state index is -0.219. The molecule has 0 amide bonds. The first-order chi connectivity index (χ1) is 23.1. The van der Waals surface area contributed by atoms with Gasteiger partial charge < -0.3 is 4.90 Å². The fraction of sp³-hybridized carbons (Fsp3) is 0. The maximum atomic E-state index is 13.5. The molecule has 0 spiro atoms. The van der Waals surface area contributed by atoms with Crippen LogP contribution >= 0.6 is 0 Å². The van der Waals surface area contributed by atoms with Crippen molar-refractivity contribution in [2.45, 2.75) is 0 Å². The van der Waals surface area contributed by atoms with E-state index < -0.39 is 0 Å². The molecule has 8 aromatic rings. The van der Waals surface area contributed by atoms with Gasteiger partial charge in [0.15, 0.2) is 11.6 Å². The van der Waals surface area contributed by atoms with Crippen molar-refractivity contribution in [3.8, 4) is 0 Å². The van der Waals surface area contributed by atoms with E-state index in [-0.39, 0.29) is 17.1 Å². The first-order valence-electron chi connectivity index (χ1n) is 15.8. The fourth-order valence-corrected chi connectivity index (χ4v) is 6.93. The highest BCUT2D eigenvalue weighted by molar-refractivity contribution is 6.42. The third-order valence-corrected chi connectivity index (χ3v) is 9.28. The summed E-state index contributed by atoms with van der Waals surface area (Å²) in [5, 5.41) is 8.69. The van der Waals surface area contributed by atoms with Crippen LogP contribution in [0, 0.1) is 0 Å². The Balaban J connectivity index is 1.17. The monoisotopic (exact) mass is 601 g/mol. The van der Waals surface area contributed by atoms with Crippen LogP contribution in [-0.4, -0.2) is 11.6 Å². The molecule has 0 saturated carbocycles. The number of rotatable bonds is 4. The molecule has 47 heavy (non-hydrogen) atoms. The van der Waals surface area contributed by atoms with Gasteiger partial charge in [-0.25, -0.2) is 0 Å². The molecule has 0 saturated heterocycles. The van der Waals surface area contributed by atoms with Gasteiger partial charge in [-0.15, -0.1) is 0 Å². The number of allylic oxidation sites excluding steroid dienone is 1. The Morgan fingerprint density at radius 3 is 1.60 bits per heavy atom. The van der Waals surface area contributed by atoms with Gasteiger partial charge in [-0.05, 0) is 97.9 Å². The zero-order valence-electron chi connectivity index (χ0n) is 25.4. The molecule has 0 fully saturated rings. The quantitative estimate of drug-likeness (QED) is 0.149. The minimum absolute atomic E-state index is 0.208. The normalized spacial score (nSPS) is 12.7. The second-order valence-electron chi connectivity index (χ2n) is 12.1. The molecular weight excluding hydrogens is 574 g/mol. The summed E-state index contributed by atoms with van der Waals surface area (Å²) in [6.45, 7) is 0. The maximum absolute atomic E-state index is 13.5. The summed E-state index contributed by atoms with van der Waals surface area (Å²) in [6, 6.07) is 53.9. The van der Waals surface area contributed by atoms with Crippen molar-refractivity contribution in [2.24, 2.45) is 0 Å². The summed E-state index contributed by atoms with van der Waals surface area (Å²) in [6.07, 6.45) is 1.74. The lowest BCUT2D eigenvalue weighted by Gasteiger charge is -2.27. The zero-order valence-corrected chi connectivity index (χ0v) is 25.4. The SMILES string of the molecule is O=C1C(=Cc2ccc3ccc(N(c4ccc5ccccc5c4)c4cccc5ccccc45)cc3c2)C(=O)c2cc3ccccc3cc21. The van der Waals surface area contributed by atoms with Crippen molar-refractivity contribution >= 4 is 77.8 Å². The Labute approximate surface area is 271 Å². The van der Waals surface area contributed by atoms with Crippen LogP contribution < -0.4 is 4.90 Å².